The molecule has 0 radical (unpaired) electrons. The first-order chi connectivity index (χ1) is 13.7. The van der Waals surface area contributed by atoms with Gasteiger partial charge in [0.15, 0.2) is 0 Å². The second kappa shape index (κ2) is 6.05. The van der Waals surface area contributed by atoms with Gasteiger partial charge in [-0.3, -0.25) is 0 Å². The van der Waals surface area contributed by atoms with Crippen molar-refractivity contribution < 1.29 is 0 Å². The van der Waals surface area contributed by atoms with Crippen LogP contribution in [0.3, 0.4) is 0 Å². The summed E-state index contributed by atoms with van der Waals surface area (Å²) in [5, 5.41) is 5.35. The van der Waals surface area contributed by atoms with Gasteiger partial charge in [0.05, 0.1) is 5.52 Å². The Hall–Kier alpha value is -2.40. The van der Waals surface area contributed by atoms with E-state index in [1.54, 1.807) is 11.3 Å². The third-order valence-electron chi connectivity index (χ3n) is 5.13. The molecule has 3 heterocycles. The average Bonchev–Trinajstić information content (AvgIpc) is 3.23. The zero-order valence-corrected chi connectivity index (χ0v) is 17.6. The molecule has 0 atom stereocenters. The first kappa shape index (κ1) is 16.5. The monoisotopic (exact) mass is 462 g/mol. The standard InChI is InChI=1S/C23H12BrClN2S/c24-13-9-12(10-14(25)11-13)19-20-15-5-1-3-7-17(15)26-22(20)28-23-21(19)16-6-2-4-8-18(16)27-23/h1-11,26H. The Morgan fingerprint density at radius 3 is 2.54 bits per heavy atom. The van der Waals surface area contributed by atoms with Crippen molar-refractivity contribution in [3.8, 4) is 21.7 Å². The number of hydrogen-bond donors (Lipinski definition) is 1. The van der Waals surface area contributed by atoms with Gasteiger partial charge in [0.2, 0.25) is 0 Å². The van der Waals surface area contributed by atoms with Gasteiger partial charge in [0, 0.05) is 42.3 Å². The molecule has 0 aliphatic carbocycles. The smallest absolute Gasteiger partial charge is 0.127 e. The molecule has 3 aromatic carbocycles. The summed E-state index contributed by atoms with van der Waals surface area (Å²) in [6.45, 7) is 0. The lowest BCUT2D eigenvalue weighted by Crippen LogP contribution is -1.86. The summed E-state index contributed by atoms with van der Waals surface area (Å²) in [5.74, 6) is 0. The molecule has 0 bridgehead atoms. The molecule has 28 heavy (non-hydrogen) atoms. The normalized spacial score (nSPS) is 11.9. The summed E-state index contributed by atoms with van der Waals surface area (Å²) in [6.07, 6.45) is 0. The van der Waals surface area contributed by atoms with Gasteiger partial charge in [0.1, 0.15) is 9.84 Å². The van der Waals surface area contributed by atoms with Crippen molar-refractivity contribution >= 4 is 70.9 Å². The van der Waals surface area contributed by atoms with Gasteiger partial charge in [-0.25, -0.2) is 4.98 Å². The molecular weight excluding hydrogens is 452 g/mol. The Bertz CT molecular complexity index is 1470. The molecule has 2 aliphatic rings. The number of nitrogens with zero attached hydrogens (tertiary/aromatic N) is 1. The van der Waals surface area contributed by atoms with Crippen LogP contribution in [0.4, 0.5) is 0 Å². The van der Waals surface area contributed by atoms with Crippen molar-refractivity contribution in [2.75, 3.05) is 0 Å². The first-order valence-electron chi connectivity index (χ1n) is 8.87. The first-order valence-corrected chi connectivity index (χ1v) is 10.9. The number of nitrogens with one attached hydrogen (secondary N) is 1. The number of rotatable bonds is 1. The number of para-hydroxylation sites is 2. The van der Waals surface area contributed by atoms with E-state index in [1.165, 1.54) is 27.3 Å². The number of aromatic nitrogens is 2. The molecule has 0 spiro atoms. The molecule has 1 aromatic heterocycles. The molecular formula is C23H12BrClN2S. The third-order valence-corrected chi connectivity index (χ3v) is 6.81. The Balaban J connectivity index is 1.91. The summed E-state index contributed by atoms with van der Waals surface area (Å²) in [5.41, 5.74) is 5.61. The molecule has 0 fully saturated rings. The average molecular weight is 464 g/mol. The summed E-state index contributed by atoms with van der Waals surface area (Å²) >= 11 is 11.8. The minimum absolute atomic E-state index is 0.710. The van der Waals surface area contributed by atoms with E-state index in [1.807, 2.05) is 18.2 Å². The molecule has 2 nitrogen and oxygen atoms in total. The second-order valence-corrected chi connectivity index (χ2v) is 9.17. The molecule has 0 amide bonds. The lowest BCUT2D eigenvalue weighted by Gasteiger charge is -2.12. The molecule has 134 valence electrons. The predicted octanol–water partition coefficient (Wildman–Crippen LogP) is 8.12. The minimum Gasteiger partial charge on any atom is -0.346 e. The van der Waals surface area contributed by atoms with Gasteiger partial charge in [-0.2, -0.15) is 0 Å². The van der Waals surface area contributed by atoms with E-state index in [0.717, 1.165) is 30.9 Å². The van der Waals surface area contributed by atoms with Crippen LogP contribution in [-0.4, -0.2) is 9.97 Å². The maximum absolute atomic E-state index is 6.44. The van der Waals surface area contributed by atoms with Gasteiger partial charge in [-0.1, -0.05) is 75.3 Å². The lowest BCUT2D eigenvalue weighted by atomic mass is 9.96. The van der Waals surface area contributed by atoms with Gasteiger partial charge in [-0.15, -0.1) is 0 Å². The second-order valence-electron chi connectivity index (χ2n) is 6.82. The highest BCUT2D eigenvalue weighted by Crippen LogP contribution is 2.49. The van der Waals surface area contributed by atoms with Crippen LogP contribution in [-0.2, 0) is 0 Å². The summed E-state index contributed by atoms with van der Waals surface area (Å²) in [4.78, 5) is 9.64. The van der Waals surface area contributed by atoms with Crippen molar-refractivity contribution in [3.05, 3.63) is 76.2 Å². The largest absolute Gasteiger partial charge is 0.346 e. The van der Waals surface area contributed by atoms with Crippen LogP contribution >= 0.6 is 38.9 Å². The minimum atomic E-state index is 0.710. The number of benzene rings is 3. The maximum Gasteiger partial charge on any atom is 0.127 e. The fourth-order valence-electron chi connectivity index (χ4n) is 4.03. The quantitative estimate of drug-likeness (QED) is 0.262. The molecule has 6 rings (SSSR count). The molecule has 0 saturated carbocycles. The van der Waals surface area contributed by atoms with E-state index in [9.17, 15) is 0 Å². The van der Waals surface area contributed by atoms with Crippen molar-refractivity contribution in [1.29, 1.82) is 0 Å². The SMILES string of the molecule is Clc1cc(Br)cc(-c2c3c4ccccc4nc-3sc3[nH]c4ccccc4c23)c1. The highest BCUT2D eigenvalue weighted by atomic mass is 79.9. The van der Waals surface area contributed by atoms with Crippen molar-refractivity contribution in [3.63, 3.8) is 0 Å². The third kappa shape index (κ3) is 2.35. The van der Waals surface area contributed by atoms with E-state index < -0.39 is 0 Å². The van der Waals surface area contributed by atoms with Crippen LogP contribution in [0, 0.1) is 0 Å². The fraction of sp³-hybridized carbons (Fsp3) is 0. The topological polar surface area (TPSA) is 28.7 Å². The summed E-state index contributed by atoms with van der Waals surface area (Å²) in [7, 11) is 0. The van der Waals surface area contributed by atoms with Crippen LogP contribution in [0.5, 0.6) is 0 Å². The zero-order valence-electron chi connectivity index (χ0n) is 14.5. The highest BCUT2D eigenvalue weighted by Gasteiger charge is 2.24. The number of halogens is 2. The Morgan fingerprint density at radius 1 is 0.893 bits per heavy atom. The van der Waals surface area contributed by atoms with Gasteiger partial charge in [-0.05, 0) is 35.9 Å². The van der Waals surface area contributed by atoms with E-state index in [0.29, 0.717) is 5.02 Å². The Kier molecular flexibility index (Phi) is 3.57. The van der Waals surface area contributed by atoms with Crippen LogP contribution in [0.2, 0.25) is 5.02 Å². The number of H-pyrrole nitrogens is 1. The maximum atomic E-state index is 6.44. The summed E-state index contributed by atoms with van der Waals surface area (Å²) in [6, 6.07) is 22.9. The van der Waals surface area contributed by atoms with E-state index in [-0.39, 0.29) is 0 Å². The zero-order chi connectivity index (χ0) is 18.8. The van der Waals surface area contributed by atoms with E-state index >= 15 is 0 Å². The number of hydrogen-bond acceptors (Lipinski definition) is 2. The molecule has 0 unspecified atom stereocenters. The Morgan fingerprint density at radius 2 is 1.68 bits per heavy atom. The van der Waals surface area contributed by atoms with Crippen molar-refractivity contribution in [2.45, 2.75) is 0 Å². The van der Waals surface area contributed by atoms with Crippen LogP contribution < -0.4 is 0 Å². The van der Waals surface area contributed by atoms with Gasteiger partial charge in [0.25, 0.3) is 0 Å². The van der Waals surface area contributed by atoms with Crippen LogP contribution in [0.15, 0.2) is 71.2 Å². The molecule has 1 N–H and O–H groups in total. The number of aromatic amines is 1. The van der Waals surface area contributed by atoms with Gasteiger partial charge >= 0.3 is 0 Å². The van der Waals surface area contributed by atoms with E-state index in [4.69, 9.17) is 16.6 Å². The molecule has 5 heteroatoms. The Labute approximate surface area is 178 Å². The fourth-order valence-corrected chi connectivity index (χ4v) is 6.02. The lowest BCUT2D eigenvalue weighted by molar-refractivity contribution is 1.51. The van der Waals surface area contributed by atoms with Crippen LogP contribution in [0.1, 0.15) is 0 Å². The van der Waals surface area contributed by atoms with Crippen molar-refractivity contribution in [1.82, 2.24) is 9.97 Å². The van der Waals surface area contributed by atoms with Crippen molar-refractivity contribution in [2.24, 2.45) is 0 Å². The predicted molar refractivity (Wildman–Crippen MR) is 124 cm³/mol. The molecule has 0 saturated heterocycles. The summed E-state index contributed by atoms with van der Waals surface area (Å²) < 4.78 is 0.965. The molecule has 2 aliphatic heterocycles. The molecule has 4 aromatic rings. The van der Waals surface area contributed by atoms with Crippen LogP contribution in [0.25, 0.3) is 53.7 Å². The van der Waals surface area contributed by atoms with E-state index in [2.05, 4.69) is 69.4 Å². The number of fused-ring (bicyclic) bond motifs is 6. The van der Waals surface area contributed by atoms with Gasteiger partial charge < -0.3 is 4.98 Å². The highest BCUT2D eigenvalue weighted by molar-refractivity contribution is 9.10.